The number of benzene rings is 2. The van der Waals surface area contributed by atoms with Crippen molar-refractivity contribution in [2.75, 3.05) is 5.32 Å². The van der Waals surface area contributed by atoms with Gasteiger partial charge in [0.05, 0.1) is 0 Å². The number of nitrogens with one attached hydrogen (secondary N) is 1. The summed E-state index contributed by atoms with van der Waals surface area (Å²) in [5.74, 6) is 1.64. The van der Waals surface area contributed by atoms with Gasteiger partial charge in [0.25, 0.3) is 0 Å². The Balaban J connectivity index is 1.82. The van der Waals surface area contributed by atoms with Crippen LogP contribution < -0.4 is 5.32 Å². The highest BCUT2D eigenvalue weighted by Crippen LogP contribution is 2.20. The molecule has 0 fully saturated rings. The Morgan fingerprint density at radius 1 is 0.913 bits per heavy atom. The SMILES string of the molecule is Cc1ccc(CNc2nc(-c3cccc(C)c3)ncc2C)cc1. The van der Waals surface area contributed by atoms with Gasteiger partial charge in [-0.15, -0.1) is 0 Å². The summed E-state index contributed by atoms with van der Waals surface area (Å²) < 4.78 is 0. The molecule has 0 saturated carbocycles. The molecule has 0 amide bonds. The van der Waals surface area contributed by atoms with Crippen LogP contribution in [0.3, 0.4) is 0 Å². The molecule has 0 spiro atoms. The molecule has 1 N–H and O–H groups in total. The van der Waals surface area contributed by atoms with E-state index in [4.69, 9.17) is 4.98 Å². The summed E-state index contributed by atoms with van der Waals surface area (Å²) in [6, 6.07) is 16.8. The summed E-state index contributed by atoms with van der Waals surface area (Å²) in [6.45, 7) is 6.96. The smallest absolute Gasteiger partial charge is 0.161 e. The molecule has 0 saturated heterocycles. The Kier molecular flexibility index (Phi) is 4.38. The summed E-state index contributed by atoms with van der Waals surface area (Å²) in [5, 5.41) is 3.42. The molecule has 1 heterocycles. The number of anilines is 1. The van der Waals surface area contributed by atoms with E-state index < -0.39 is 0 Å². The Morgan fingerprint density at radius 3 is 2.43 bits per heavy atom. The molecule has 3 nitrogen and oxygen atoms in total. The maximum atomic E-state index is 4.69. The van der Waals surface area contributed by atoms with Crippen LogP contribution >= 0.6 is 0 Å². The first-order valence-corrected chi connectivity index (χ1v) is 7.82. The molecule has 0 aliphatic rings. The van der Waals surface area contributed by atoms with Gasteiger partial charge in [-0.05, 0) is 32.4 Å². The van der Waals surface area contributed by atoms with Crippen LogP contribution in [0.1, 0.15) is 22.3 Å². The average Bonchev–Trinajstić information content (AvgIpc) is 2.55. The first-order chi connectivity index (χ1) is 11.1. The molecule has 116 valence electrons. The third-order valence-corrected chi connectivity index (χ3v) is 3.83. The zero-order chi connectivity index (χ0) is 16.2. The number of aromatic nitrogens is 2. The van der Waals surface area contributed by atoms with Gasteiger partial charge in [-0.1, -0.05) is 53.6 Å². The molecule has 3 aromatic rings. The van der Waals surface area contributed by atoms with Crippen molar-refractivity contribution in [3.05, 3.63) is 77.0 Å². The van der Waals surface area contributed by atoms with Crippen LogP contribution in [-0.4, -0.2) is 9.97 Å². The largest absolute Gasteiger partial charge is 0.366 e. The molecular formula is C20H21N3. The molecular weight excluding hydrogens is 282 g/mol. The predicted octanol–water partition coefficient (Wildman–Crippen LogP) is 4.68. The molecule has 23 heavy (non-hydrogen) atoms. The van der Waals surface area contributed by atoms with Crippen molar-refractivity contribution >= 4 is 5.82 Å². The Hall–Kier alpha value is -2.68. The van der Waals surface area contributed by atoms with Gasteiger partial charge in [0, 0.05) is 23.9 Å². The van der Waals surface area contributed by atoms with Crippen molar-refractivity contribution in [2.45, 2.75) is 27.3 Å². The zero-order valence-electron chi connectivity index (χ0n) is 13.8. The fourth-order valence-corrected chi connectivity index (χ4v) is 2.44. The number of hydrogen-bond acceptors (Lipinski definition) is 3. The van der Waals surface area contributed by atoms with E-state index in [1.807, 2.05) is 25.3 Å². The highest BCUT2D eigenvalue weighted by atomic mass is 15.0. The maximum Gasteiger partial charge on any atom is 0.161 e. The van der Waals surface area contributed by atoms with E-state index in [2.05, 4.69) is 60.5 Å². The normalized spacial score (nSPS) is 10.6. The molecule has 0 aliphatic heterocycles. The second-order valence-corrected chi connectivity index (χ2v) is 5.93. The lowest BCUT2D eigenvalue weighted by atomic mass is 10.1. The third-order valence-electron chi connectivity index (χ3n) is 3.83. The highest BCUT2D eigenvalue weighted by Gasteiger charge is 2.06. The molecule has 0 unspecified atom stereocenters. The standard InChI is InChI=1S/C20H21N3/c1-14-7-9-17(10-8-14)13-22-19-16(3)12-21-20(23-19)18-6-4-5-15(2)11-18/h4-12H,13H2,1-3H3,(H,21,22,23). The fraction of sp³-hybridized carbons (Fsp3) is 0.200. The third kappa shape index (κ3) is 3.75. The monoisotopic (exact) mass is 303 g/mol. The van der Waals surface area contributed by atoms with Gasteiger partial charge in [-0.3, -0.25) is 0 Å². The van der Waals surface area contributed by atoms with Crippen LogP contribution in [0.25, 0.3) is 11.4 Å². The molecule has 1 aromatic heterocycles. The van der Waals surface area contributed by atoms with Crippen LogP contribution in [-0.2, 0) is 6.54 Å². The van der Waals surface area contributed by atoms with Crippen LogP contribution in [0.5, 0.6) is 0 Å². The van der Waals surface area contributed by atoms with Crippen molar-refractivity contribution in [3.8, 4) is 11.4 Å². The van der Waals surface area contributed by atoms with Crippen molar-refractivity contribution in [2.24, 2.45) is 0 Å². The molecule has 0 aliphatic carbocycles. The summed E-state index contributed by atoms with van der Waals surface area (Å²) in [5.41, 5.74) is 5.82. The summed E-state index contributed by atoms with van der Waals surface area (Å²) in [6.07, 6.45) is 1.88. The minimum atomic E-state index is 0.755. The van der Waals surface area contributed by atoms with Crippen LogP contribution in [0, 0.1) is 20.8 Å². The van der Waals surface area contributed by atoms with E-state index in [0.717, 1.165) is 29.3 Å². The average molecular weight is 303 g/mol. The number of hydrogen-bond donors (Lipinski definition) is 1. The molecule has 3 rings (SSSR count). The van der Waals surface area contributed by atoms with Gasteiger partial charge in [0.15, 0.2) is 5.82 Å². The Labute approximate surface area is 137 Å². The summed E-state index contributed by atoms with van der Waals surface area (Å²) in [7, 11) is 0. The minimum Gasteiger partial charge on any atom is -0.366 e. The number of aryl methyl sites for hydroxylation is 3. The van der Waals surface area contributed by atoms with E-state index in [0.29, 0.717) is 0 Å². The van der Waals surface area contributed by atoms with E-state index in [1.54, 1.807) is 0 Å². The molecule has 2 aromatic carbocycles. The lowest BCUT2D eigenvalue weighted by molar-refractivity contribution is 1.06. The van der Waals surface area contributed by atoms with Crippen molar-refractivity contribution < 1.29 is 0 Å². The van der Waals surface area contributed by atoms with Gasteiger partial charge < -0.3 is 5.32 Å². The molecule has 3 heteroatoms. The molecule has 0 bridgehead atoms. The van der Waals surface area contributed by atoms with Gasteiger partial charge in [-0.25, -0.2) is 9.97 Å². The lowest BCUT2D eigenvalue weighted by Gasteiger charge is -2.10. The quantitative estimate of drug-likeness (QED) is 0.760. The first-order valence-electron chi connectivity index (χ1n) is 7.82. The van der Waals surface area contributed by atoms with E-state index in [-0.39, 0.29) is 0 Å². The zero-order valence-corrected chi connectivity index (χ0v) is 13.8. The Morgan fingerprint density at radius 2 is 1.70 bits per heavy atom. The molecule has 0 radical (unpaired) electrons. The predicted molar refractivity (Wildman–Crippen MR) is 95.4 cm³/mol. The first kappa shape index (κ1) is 15.2. The van der Waals surface area contributed by atoms with Crippen molar-refractivity contribution in [1.82, 2.24) is 9.97 Å². The van der Waals surface area contributed by atoms with E-state index >= 15 is 0 Å². The maximum absolute atomic E-state index is 4.69. The van der Waals surface area contributed by atoms with E-state index in [9.17, 15) is 0 Å². The summed E-state index contributed by atoms with van der Waals surface area (Å²) >= 11 is 0. The minimum absolute atomic E-state index is 0.755. The van der Waals surface area contributed by atoms with Crippen LogP contribution in [0.4, 0.5) is 5.82 Å². The van der Waals surface area contributed by atoms with Crippen molar-refractivity contribution in [3.63, 3.8) is 0 Å². The van der Waals surface area contributed by atoms with Gasteiger partial charge in [-0.2, -0.15) is 0 Å². The second-order valence-electron chi connectivity index (χ2n) is 5.93. The van der Waals surface area contributed by atoms with Crippen molar-refractivity contribution in [1.29, 1.82) is 0 Å². The van der Waals surface area contributed by atoms with Gasteiger partial charge in [0.2, 0.25) is 0 Å². The molecule has 0 atom stereocenters. The highest BCUT2D eigenvalue weighted by molar-refractivity contribution is 5.59. The number of rotatable bonds is 4. The van der Waals surface area contributed by atoms with Gasteiger partial charge in [0.1, 0.15) is 5.82 Å². The second kappa shape index (κ2) is 6.61. The van der Waals surface area contributed by atoms with Crippen LogP contribution in [0.15, 0.2) is 54.7 Å². The fourth-order valence-electron chi connectivity index (χ4n) is 2.44. The Bertz CT molecular complexity index is 807. The van der Waals surface area contributed by atoms with Gasteiger partial charge >= 0.3 is 0 Å². The number of nitrogens with zero attached hydrogens (tertiary/aromatic N) is 2. The lowest BCUT2D eigenvalue weighted by Crippen LogP contribution is -2.05. The topological polar surface area (TPSA) is 37.8 Å². The summed E-state index contributed by atoms with van der Waals surface area (Å²) in [4.78, 5) is 9.16. The van der Waals surface area contributed by atoms with Crippen LogP contribution in [0.2, 0.25) is 0 Å². The van der Waals surface area contributed by atoms with E-state index in [1.165, 1.54) is 16.7 Å².